The molecule has 0 radical (unpaired) electrons. The average molecular weight is 327 g/mol. The summed E-state index contributed by atoms with van der Waals surface area (Å²) in [6.07, 6.45) is 1.05. The van der Waals surface area contributed by atoms with Crippen molar-refractivity contribution in [2.24, 2.45) is 0 Å². The van der Waals surface area contributed by atoms with E-state index in [9.17, 15) is 13.6 Å². The first kappa shape index (κ1) is 17.2. The minimum absolute atomic E-state index is 0.161. The van der Waals surface area contributed by atoms with Crippen LogP contribution in [0.3, 0.4) is 0 Å². The summed E-state index contributed by atoms with van der Waals surface area (Å²) in [6.45, 7) is 1.78. The number of nitrogens with zero attached hydrogens (tertiary/aromatic N) is 1. The van der Waals surface area contributed by atoms with Gasteiger partial charge in [-0.1, -0.05) is 30.3 Å². The highest BCUT2D eigenvalue weighted by atomic mass is 19.1. The van der Waals surface area contributed by atoms with Crippen LogP contribution >= 0.6 is 0 Å². The van der Waals surface area contributed by atoms with E-state index in [4.69, 9.17) is 5.26 Å². The first-order valence-electron chi connectivity index (χ1n) is 7.19. The zero-order valence-corrected chi connectivity index (χ0v) is 12.9. The van der Waals surface area contributed by atoms with Crippen molar-refractivity contribution >= 4 is 11.6 Å². The van der Waals surface area contributed by atoms with E-state index in [1.807, 2.05) is 30.3 Å². The number of anilines is 1. The first-order chi connectivity index (χ1) is 11.5. The predicted molar refractivity (Wildman–Crippen MR) is 86.7 cm³/mol. The van der Waals surface area contributed by atoms with E-state index in [1.54, 1.807) is 13.0 Å². The summed E-state index contributed by atoms with van der Waals surface area (Å²) in [5.41, 5.74) is 0.473. The molecule has 122 valence electrons. The molecular weight excluding hydrogens is 312 g/mol. The van der Waals surface area contributed by atoms with Gasteiger partial charge in [0.15, 0.2) is 0 Å². The fraction of sp³-hybridized carbons (Fsp3) is 0.111. The minimum Gasteiger partial charge on any atom is -0.358 e. The van der Waals surface area contributed by atoms with Crippen LogP contribution in [0.5, 0.6) is 0 Å². The van der Waals surface area contributed by atoms with E-state index in [-0.39, 0.29) is 17.3 Å². The molecule has 0 heterocycles. The second-order valence-corrected chi connectivity index (χ2v) is 5.04. The van der Waals surface area contributed by atoms with Crippen LogP contribution in [-0.2, 0) is 4.79 Å². The smallest absolute Gasteiger partial charge is 0.263 e. The van der Waals surface area contributed by atoms with Crippen LogP contribution in [-0.4, -0.2) is 5.91 Å². The number of carbonyl (C=O) groups is 1. The van der Waals surface area contributed by atoms with Gasteiger partial charge in [-0.2, -0.15) is 5.26 Å². The molecule has 0 aliphatic carbocycles. The van der Waals surface area contributed by atoms with E-state index in [0.29, 0.717) is 0 Å². The zero-order valence-electron chi connectivity index (χ0n) is 12.9. The quantitative estimate of drug-likeness (QED) is 0.650. The number of rotatable bonds is 5. The second-order valence-electron chi connectivity index (χ2n) is 5.04. The van der Waals surface area contributed by atoms with Crippen LogP contribution in [0.4, 0.5) is 14.5 Å². The number of benzene rings is 2. The van der Waals surface area contributed by atoms with Crippen LogP contribution in [0.15, 0.2) is 60.3 Å². The summed E-state index contributed by atoms with van der Waals surface area (Å²) in [7, 11) is 0. The average Bonchev–Trinajstić information content (AvgIpc) is 2.59. The van der Waals surface area contributed by atoms with Crippen molar-refractivity contribution in [3.63, 3.8) is 0 Å². The van der Waals surface area contributed by atoms with Gasteiger partial charge in [-0.3, -0.25) is 4.79 Å². The molecular formula is C18H15F2N3O. The Morgan fingerprint density at radius 1 is 1.21 bits per heavy atom. The topological polar surface area (TPSA) is 64.9 Å². The fourth-order valence-electron chi connectivity index (χ4n) is 2.01. The summed E-state index contributed by atoms with van der Waals surface area (Å²) in [5.74, 6) is -1.94. The van der Waals surface area contributed by atoms with Crippen LogP contribution in [0.1, 0.15) is 18.5 Å². The Kier molecular flexibility index (Phi) is 5.63. The molecule has 0 aliphatic heterocycles. The summed E-state index contributed by atoms with van der Waals surface area (Å²) >= 11 is 0. The molecule has 0 bridgehead atoms. The second kappa shape index (κ2) is 7.88. The Morgan fingerprint density at radius 3 is 2.58 bits per heavy atom. The maximum Gasteiger partial charge on any atom is 0.263 e. The lowest BCUT2D eigenvalue weighted by Crippen LogP contribution is -2.28. The number of nitriles is 1. The van der Waals surface area contributed by atoms with Gasteiger partial charge < -0.3 is 10.6 Å². The van der Waals surface area contributed by atoms with Crippen LogP contribution in [0, 0.1) is 23.0 Å². The number of nitrogens with one attached hydrogen (secondary N) is 2. The molecule has 4 nitrogen and oxygen atoms in total. The molecule has 0 spiro atoms. The van der Waals surface area contributed by atoms with Gasteiger partial charge in [-0.25, -0.2) is 8.78 Å². The van der Waals surface area contributed by atoms with Crippen LogP contribution in [0.2, 0.25) is 0 Å². The molecule has 1 amide bonds. The molecule has 6 heteroatoms. The van der Waals surface area contributed by atoms with Gasteiger partial charge in [0, 0.05) is 12.3 Å². The SMILES string of the molecule is CC(NC(=O)/C(C#N)=C\Nc1cc(F)ccc1F)c1ccccc1. The predicted octanol–water partition coefficient (Wildman–Crippen LogP) is 3.66. The van der Waals surface area contributed by atoms with Gasteiger partial charge in [0.1, 0.15) is 23.3 Å². The standard InChI is InChI=1S/C18H15F2N3O/c1-12(13-5-3-2-4-6-13)23-18(24)14(10-21)11-22-17-9-15(19)7-8-16(17)20/h2-9,11-12,22H,1H3,(H,23,24)/b14-11-. The molecule has 2 N–H and O–H groups in total. The van der Waals surface area contributed by atoms with Crippen molar-refractivity contribution < 1.29 is 13.6 Å². The molecule has 2 aromatic carbocycles. The van der Waals surface area contributed by atoms with Gasteiger partial charge in [-0.15, -0.1) is 0 Å². The monoisotopic (exact) mass is 327 g/mol. The van der Waals surface area contributed by atoms with E-state index in [1.165, 1.54) is 0 Å². The molecule has 0 aromatic heterocycles. The van der Waals surface area contributed by atoms with Gasteiger partial charge in [0.25, 0.3) is 5.91 Å². The van der Waals surface area contributed by atoms with E-state index in [2.05, 4.69) is 10.6 Å². The van der Waals surface area contributed by atoms with Gasteiger partial charge in [0.2, 0.25) is 0 Å². The highest BCUT2D eigenvalue weighted by Gasteiger charge is 2.14. The first-order valence-corrected chi connectivity index (χ1v) is 7.19. The number of amides is 1. The molecule has 2 aromatic rings. The molecule has 2 rings (SSSR count). The van der Waals surface area contributed by atoms with Crippen molar-refractivity contribution in [1.82, 2.24) is 5.32 Å². The lowest BCUT2D eigenvalue weighted by atomic mass is 10.1. The third-order valence-electron chi connectivity index (χ3n) is 3.31. The van der Waals surface area contributed by atoms with Gasteiger partial charge >= 0.3 is 0 Å². The van der Waals surface area contributed by atoms with E-state index in [0.717, 1.165) is 30.0 Å². The maximum absolute atomic E-state index is 13.5. The Bertz CT molecular complexity index is 798. The van der Waals surface area contributed by atoms with E-state index < -0.39 is 17.5 Å². The summed E-state index contributed by atoms with van der Waals surface area (Å²) in [4.78, 5) is 12.1. The highest BCUT2D eigenvalue weighted by Crippen LogP contribution is 2.16. The van der Waals surface area contributed by atoms with Crippen molar-refractivity contribution in [1.29, 1.82) is 5.26 Å². The van der Waals surface area contributed by atoms with Crippen molar-refractivity contribution in [2.45, 2.75) is 13.0 Å². The largest absolute Gasteiger partial charge is 0.358 e. The van der Waals surface area contributed by atoms with Crippen molar-refractivity contribution in [2.75, 3.05) is 5.32 Å². The number of carbonyl (C=O) groups excluding carboxylic acids is 1. The fourth-order valence-corrected chi connectivity index (χ4v) is 2.01. The van der Waals surface area contributed by atoms with Crippen LogP contribution < -0.4 is 10.6 Å². The van der Waals surface area contributed by atoms with Gasteiger partial charge in [-0.05, 0) is 24.6 Å². The normalized spacial score (nSPS) is 12.2. The highest BCUT2D eigenvalue weighted by molar-refractivity contribution is 5.97. The van der Waals surface area contributed by atoms with Crippen molar-refractivity contribution in [3.8, 4) is 6.07 Å². The summed E-state index contributed by atoms with van der Waals surface area (Å²) in [6, 6.07) is 13.5. The van der Waals surface area contributed by atoms with Gasteiger partial charge in [0.05, 0.1) is 11.7 Å². The third kappa shape index (κ3) is 4.40. The van der Waals surface area contributed by atoms with Crippen molar-refractivity contribution in [3.05, 3.63) is 77.5 Å². The molecule has 0 aliphatic rings. The Balaban J connectivity index is 2.08. The lowest BCUT2D eigenvalue weighted by Gasteiger charge is -2.13. The molecule has 24 heavy (non-hydrogen) atoms. The number of hydrogen-bond acceptors (Lipinski definition) is 3. The number of halogens is 2. The lowest BCUT2D eigenvalue weighted by molar-refractivity contribution is -0.117. The Labute approximate surface area is 138 Å². The minimum atomic E-state index is -0.692. The number of hydrogen-bond donors (Lipinski definition) is 2. The molecule has 0 fully saturated rings. The van der Waals surface area contributed by atoms with Crippen LogP contribution in [0.25, 0.3) is 0 Å². The zero-order chi connectivity index (χ0) is 17.5. The van der Waals surface area contributed by atoms with E-state index >= 15 is 0 Å². The molecule has 1 unspecified atom stereocenters. The summed E-state index contributed by atoms with van der Waals surface area (Å²) in [5, 5.41) is 14.2. The summed E-state index contributed by atoms with van der Waals surface area (Å²) < 4.78 is 26.6. The maximum atomic E-state index is 13.5. The molecule has 0 saturated carbocycles. The molecule has 0 saturated heterocycles. The third-order valence-corrected chi connectivity index (χ3v) is 3.31. The Morgan fingerprint density at radius 2 is 1.92 bits per heavy atom. The molecule has 1 atom stereocenters. The Hall–Kier alpha value is -3.20.